The van der Waals surface area contributed by atoms with E-state index in [2.05, 4.69) is 30.9 Å². The molecule has 0 amide bonds. The molecular formula is C7H7BrN4O2. The number of nitrogens with one attached hydrogen (secondary N) is 2. The van der Waals surface area contributed by atoms with Crippen molar-refractivity contribution in [2.45, 2.75) is 13.5 Å². The van der Waals surface area contributed by atoms with Crippen LogP contribution in [0.2, 0.25) is 0 Å². The second kappa shape index (κ2) is 3.09. The van der Waals surface area contributed by atoms with Crippen molar-refractivity contribution in [2.75, 3.05) is 0 Å². The Morgan fingerprint density at radius 3 is 2.79 bits per heavy atom. The van der Waals surface area contributed by atoms with Crippen LogP contribution in [0.15, 0.2) is 14.3 Å². The lowest BCUT2D eigenvalue weighted by molar-refractivity contribution is 0.761. The smallest absolute Gasteiger partial charge is 0.313 e. The van der Waals surface area contributed by atoms with Gasteiger partial charge in [-0.15, -0.1) is 0 Å². The van der Waals surface area contributed by atoms with E-state index in [0.717, 1.165) is 0 Å². The third-order valence-corrected chi connectivity index (χ3v) is 2.52. The van der Waals surface area contributed by atoms with Gasteiger partial charge in [-0.1, -0.05) is 0 Å². The van der Waals surface area contributed by atoms with Gasteiger partial charge in [-0.05, 0) is 22.9 Å². The summed E-state index contributed by atoms with van der Waals surface area (Å²) in [6, 6.07) is 0. The number of halogens is 1. The van der Waals surface area contributed by atoms with E-state index < -0.39 is 11.2 Å². The first-order valence-corrected chi connectivity index (χ1v) is 4.81. The van der Waals surface area contributed by atoms with Gasteiger partial charge >= 0.3 is 5.69 Å². The molecule has 74 valence electrons. The molecule has 2 aromatic heterocycles. The number of rotatable bonds is 1. The fourth-order valence-corrected chi connectivity index (χ4v) is 1.94. The quantitative estimate of drug-likeness (QED) is 0.717. The molecule has 2 N–H and O–H groups in total. The molecule has 14 heavy (non-hydrogen) atoms. The van der Waals surface area contributed by atoms with Gasteiger partial charge in [-0.25, -0.2) is 9.78 Å². The summed E-state index contributed by atoms with van der Waals surface area (Å²) in [5.41, 5.74) is -0.300. The second-order valence-corrected chi connectivity index (χ2v) is 3.44. The van der Waals surface area contributed by atoms with E-state index in [1.165, 1.54) is 0 Å². The highest BCUT2D eigenvalue weighted by Gasteiger charge is 2.11. The van der Waals surface area contributed by atoms with Gasteiger partial charge in [0.15, 0.2) is 15.9 Å². The summed E-state index contributed by atoms with van der Waals surface area (Å²) in [5, 5.41) is 0. The lowest BCUT2D eigenvalue weighted by atomic mass is 10.5. The van der Waals surface area contributed by atoms with Gasteiger partial charge in [0.05, 0.1) is 0 Å². The van der Waals surface area contributed by atoms with Gasteiger partial charge in [0.2, 0.25) is 0 Å². The van der Waals surface area contributed by atoms with Crippen molar-refractivity contribution < 1.29 is 0 Å². The molecule has 0 saturated carbocycles. The van der Waals surface area contributed by atoms with Crippen LogP contribution in [0.1, 0.15) is 6.92 Å². The maximum absolute atomic E-state index is 11.4. The molecule has 0 atom stereocenters. The second-order valence-electron chi connectivity index (χ2n) is 2.73. The summed E-state index contributed by atoms with van der Waals surface area (Å²) in [6.45, 7) is 2.49. The van der Waals surface area contributed by atoms with Crippen molar-refractivity contribution in [1.82, 2.24) is 19.5 Å². The van der Waals surface area contributed by atoms with Gasteiger partial charge in [0, 0.05) is 6.54 Å². The standard InChI is InChI=1S/C7H7BrN4O2/c1-2-12-3-4(9-6(12)8)10-7(14)11-5(3)13/h2H2,1H3,(H2,10,11,13,14). The van der Waals surface area contributed by atoms with Crippen molar-refractivity contribution in [2.24, 2.45) is 0 Å². The van der Waals surface area contributed by atoms with E-state index in [9.17, 15) is 9.59 Å². The molecule has 0 unspecified atom stereocenters. The molecule has 0 fully saturated rings. The predicted octanol–water partition coefficient (Wildman–Crippen LogP) is 0.195. The van der Waals surface area contributed by atoms with Crippen molar-refractivity contribution in [3.05, 3.63) is 25.6 Å². The molecule has 2 heterocycles. The highest BCUT2D eigenvalue weighted by Crippen LogP contribution is 2.13. The number of aromatic amines is 2. The monoisotopic (exact) mass is 258 g/mol. The first kappa shape index (κ1) is 9.20. The number of nitrogens with zero attached hydrogens (tertiary/aromatic N) is 2. The third-order valence-electron chi connectivity index (χ3n) is 1.91. The number of H-pyrrole nitrogens is 2. The van der Waals surface area contributed by atoms with E-state index in [1.807, 2.05) is 6.92 Å². The van der Waals surface area contributed by atoms with Gasteiger partial charge in [0.1, 0.15) is 0 Å². The zero-order valence-corrected chi connectivity index (χ0v) is 8.88. The molecule has 0 aliphatic heterocycles. The Morgan fingerprint density at radius 1 is 1.43 bits per heavy atom. The zero-order valence-electron chi connectivity index (χ0n) is 7.30. The molecule has 7 heteroatoms. The Balaban J connectivity index is 3.03. The Labute approximate surface area is 86.1 Å². The number of aryl methyl sites for hydroxylation is 1. The van der Waals surface area contributed by atoms with Crippen molar-refractivity contribution >= 4 is 27.1 Å². The van der Waals surface area contributed by atoms with E-state index in [0.29, 0.717) is 22.4 Å². The largest absolute Gasteiger partial charge is 0.327 e. The van der Waals surface area contributed by atoms with Crippen LogP contribution in [0.5, 0.6) is 0 Å². The molecule has 2 aromatic rings. The fourth-order valence-electron chi connectivity index (χ4n) is 1.33. The topological polar surface area (TPSA) is 83.5 Å². The number of imidazole rings is 1. The van der Waals surface area contributed by atoms with Crippen LogP contribution in [0, 0.1) is 0 Å². The van der Waals surface area contributed by atoms with E-state index in [-0.39, 0.29) is 0 Å². The zero-order chi connectivity index (χ0) is 10.3. The molecule has 0 aliphatic rings. The molecule has 0 radical (unpaired) electrons. The Kier molecular flexibility index (Phi) is 2.03. The van der Waals surface area contributed by atoms with Crippen LogP contribution in [-0.2, 0) is 6.54 Å². The SMILES string of the molecule is CCn1c(Br)nc2[nH]c(=O)[nH]c(=O)c21. The molecular weight excluding hydrogens is 252 g/mol. The van der Waals surface area contributed by atoms with Crippen LogP contribution in [0.4, 0.5) is 0 Å². The molecule has 0 spiro atoms. The number of hydrogen-bond acceptors (Lipinski definition) is 3. The maximum Gasteiger partial charge on any atom is 0.327 e. The van der Waals surface area contributed by atoms with Crippen LogP contribution in [0.25, 0.3) is 11.2 Å². The minimum atomic E-state index is -0.546. The number of fused-ring (bicyclic) bond motifs is 1. The Hall–Kier alpha value is -1.37. The summed E-state index contributed by atoms with van der Waals surface area (Å²) in [7, 11) is 0. The molecule has 6 nitrogen and oxygen atoms in total. The fraction of sp³-hybridized carbons (Fsp3) is 0.286. The highest BCUT2D eigenvalue weighted by atomic mass is 79.9. The van der Waals surface area contributed by atoms with Crippen LogP contribution in [-0.4, -0.2) is 19.5 Å². The summed E-state index contributed by atoms with van der Waals surface area (Å²) in [6.07, 6.45) is 0. The summed E-state index contributed by atoms with van der Waals surface area (Å²) >= 11 is 3.21. The van der Waals surface area contributed by atoms with E-state index >= 15 is 0 Å². The van der Waals surface area contributed by atoms with Crippen LogP contribution < -0.4 is 11.2 Å². The van der Waals surface area contributed by atoms with Crippen molar-refractivity contribution in [3.8, 4) is 0 Å². The van der Waals surface area contributed by atoms with E-state index in [1.54, 1.807) is 4.57 Å². The number of aromatic nitrogens is 4. The first-order valence-electron chi connectivity index (χ1n) is 4.01. The third kappa shape index (κ3) is 1.20. The van der Waals surface area contributed by atoms with Gasteiger partial charge in [0.25, 0.3) is 5.56 Å². The summed E-state index contributed by atoms with van der Waals surface area (Å²) in [4.78, 5) is 31.0. The summed E-state index contributed by atoms with van der Waals surface area (Å²) < 4.78 is 2.20. The van der Waals surface area contributed by atoms with Crippen LogP contribution in [0.3, 0.4) is 0 Å². The minimum Gasteiger partial charge on any atom is -0.313 e. The Morgan fingerprint density at radius 2 is 2.14 bits per heavy atom. The average Bonchev–Trinajstić information content (AvgIpc) is 2.40. The van der Waals surface area contributed by atoms with Gasteiger partial charge < -0.3 is 4.57 Å². The van der Waals surface area contributed by atoms with Gasteiger partial charge in [-0.2, -0.15) is 0 Å². The average molecular weight is 259 g/mol. The molecule has 0 bridgehead atoms. The predicted molar refractivity (Wildman–Crippen MR) is 54.3 cm³/mol. The van der Waals surface area contributed by atoms with Crippen LogP contribution >= 0.6 is 15.9 Å². The molecule has 0 aliphatic carbocycles. The lowest BCUT2D eigenvalue weighted by Crippen LogP contribution is -2.23. The highest BCUT2D eigenvalue weighted by molar-refractivity contribution is 9.10. The molecule has 0 saturated heterocycles. The maximum atomic E-state index is 11.4. The normalized spacial score (nSPS) is 11.0. The van der Waals surface area contributed by atoms with Crippen molar-refractivity contribution in [1.29, 1.82) is 0 Å². The minimum absolute atomic E-state index is 0.299. The molecule has 0 aromatic carbocycles. The van der Waals surface area contributed by atoms with Gasteiger partial charge in [-0.3, -0.25) is 14.8 Å². The lowest BCUT2D eigenvalue weighted by Gasteiger charge is -1.97. The molecule has 2 rings (SSSR count). The van der Waals surface area contributed by atoms with Crippen molar-refractivity contribution in [3.63, 3.8) is 0 Å². The summed E-state index contributed by atoms with van der Waals surface area (Å²) in [5.74, 6) is 0. The Bertz CT molecular complexity index is 594. The number of hydrogen-bond donors (Lipinski definition) is 2. The van der Waals surface area contributed by atoms with E-state index in [4.69, 9.17) is 0 Å². The first-order chi connectivity index (χ1) is 6.63.